The second-order valence-electron chi connectivity index (χ2n) is 6.29. The summed E-state index contributed by atoms with van der Waals surface area (Å²) in [4.78, 5) is 4.06. The maximum absolute atomic E-state index is 6.18. The first-order chi connectivity index (χ1) is 7.98. The zero-order chi connectivity index (χ0) is 12.5. The van der Waals surface area contributed by atoms with Crippen molar-refractivity contribution in [3.63, 3.8) is 0 Å². The van der Waals surface area contributed by atoms with Gasteiger partial charge in [0.2, 0.25) is 6.39 Å². The summed E-state index contributed by atoms with van der Waals surface area (Å²) in [5.41, 5.74) is 6.60. The number of hydrogen-bond donors (Lipinski definition) is 1. The molecular formula is C13H23N3O. The van der Waals surface area contributed by atoms with Gasteiger partial charge in [-0.1, -0.05) is 25.9 Å². The lowest BCUT2D eigenvalue weighted by atomic mass is 9.68. The van der Waals surface area contributed by atoms with Gasteiger partial charge >= 0.3 is 0 Å². The van der Waals surface area contributed by atoms with Gasteiger partial charge < -0.3 is 10.3 Å². The monoisotopic (exact) mass is 237 g/mol. The van der Waals surface area contributed by atoms with Gasteiger partial charge in [0.15, 0.2) is 5.82 Å². The van der Waals surface area contributed by atoms with Crippen LogP contribution >= 0.6 is 0 Å². The molecule has 2 N–H and O–H groups in total. The normalized spacial score (nSPS) is 28.0. The first kappa shape index (κ1) is 12.6. The van der Waals surface area contributed by atoms with Crippen LogP contribution in [0.3, 0.4) is 0 Å². The van der Waals surface area contributed by atoms with E-state index in [0.29, 0.717) is 17.2 Å². The highest BCUT2D eigenvalue weighted by Gasteiger charge is 2.33. The fourth-order valence-electron chi connectivity index (χ4n) is 2.88. The lowest BCUT2D eigenvalue weighted by molar-refractivity contribution is 0.138. The van der Waals surface area contributed by atoms with Gasteiger partial charge in [0, 0.05) is 0 Å². The van der Waals surface area contributed by atoms with Crippen LogP contribution in [0, 0.1) is 17.3 Å². The van der Waals surface area contributed by atoms with Crippen molar-refractivity contribution in [3.8, 4) is 0 Å². The van der Waals surface area contributed by atoms with Crippen LogP contribution in [0.4, 0.5) is 0 Å². The van der Waals surface area contributed by atoms with Crippen LogP contribution in [0.1, 0.15) is 58.3 Å². The number of nitrogens with two attached hydrogens (primary N) is 1. The van der Waals surface area contributed by atoms with E-state index in [9.17, 15) is 0 Å². The van der Waals surface area contributed by atoms with Crippen molar-refractivity contribution < 1.29 is 4.52 Å². The molecule has 1 aromatic heterocycles. The van der Waals surface area contributed by atoms with E-state index >= 15 is 0 Å². The Morgan fingerprint density at radius 2 is 1.94 bits per heavy atom. The minimum absolute atomic E-state index is 0.0605. The summed E-state index contributed by atoms with van der Waals surface area (Å²) in [6, 6.07) is -0.0605. The third kappa shape index (κ3) is 2.86. The van der Waals surface area contributed by atoms with Gasteiger partial charge in [-0.25, -0.2) is 0 Å². The molecule has 0 bridgehead atoms. The van der Waals surface area contributed by atoms with Gasteiger partial charge in [-0.05, 0) is 42.9 Å². The molecule has 1 unspecified atom stereocenters. The average molecular weight is 237 g/mol. The Hall–Kier alpha value is -0.900. The highest BCUT2D eigenvalue weighted by atomic mass is 16.5. The second-order valence-corrected chi connectivity index (χ2v) is 6.29. The molecule has 1 aliphatic rings. The summed E-state index contributed by atoms with van der Waals surface area (Å²) in [6.07, 6.45) is 6.24. The highest BCUT2D eigenvalue weighted by Crippen LogP contribution is 2.42. The number of hydrogen-bond acceptors (Lipinski definition) is 4. The van der Waals surface area contributed by atoms with E-state index in [2.05, 4.69) is 30.9 Å². The number of rotatable bonds is 2. The Morgan fingerprint density at radius 3 is 2.41 bits per heavy atom. The summed E-state index contributed by atoms with van der Waals surface area (Å²) in [5.74, 6) is 1.98. The van der Waals surface area contributed by atoms with Crippen LogP contribution < -0.4 is 5.73 Å². The second kappa shape index (κ2) is 4.77. The van der Waals surface area contributed by atoms with Crippen LogP contribution in [-0.2, 0) is 0 Å². The molecule has 1 aliphatic carbocycles. The highest BCUT2D eigenvalue weighted by molar-refractivity contribution is 4.94. The number of aromatic nitrogens is 2. The summed E-state index contributed by atoms with van der Waals surface area (Å²) in [7, 11) is 0. The molecule has 1 heterocycles. The number of nitrogens with zero attached hydrogens (tertiary/aromatic N) is 2. The molecule has 4 heteroatoms. The predicted octanol–water partition coefficient (Wildman–Crippen LogP) is 2.92. The van der Waals surface area contributed by atoms with Crippen molar-refractivity contribution in [3.05, 3.63) is 12.2 Å². The van der Waals surface area contributed by atoms with Crippen LogP contribution in [0.25, 0.3) is 0 Å². The summed E-state index contributed by atoms with van der Waals surface area (Å²) < 4.78 is 4.76. The van der Waals surface area contributed by atoms with E-state index in [4.69, 9.17) is 10.3 Å². The lowest BCUT2D eigenvalue weighted by Gasteiger charge is -2.38. The topological polar surface area (TPSA) is 64.9 Å². The van der Waals surface area contributed by atoms with E-state index in [1.807, 2.05) is 0 Å². The molecule has 17 heavy (non-hydrogen) atoms. The van der Waals surface area contributed by atoms with Crippen molar-refractivity contribution in [1.29, 1.82) is 0 Å². The molecule has 0 saturated heterocycles. The molecule has 0 aliphatic heterocycles. The predicted molar refractivity (Wildman–Crippen MR) is 66.1 cm³/mol. The fourth-order valence-corrected chi connectivity index (χ4v) is 2.88. The Balaban J connectivity index is 1.91. The zero-order valence-corrected chi connectivity index (χ0v) is 11.0. The van der Waals surface area contributed by atoms with Crippen molar-refractivity contribution in [1.82, 2.24) is 10.1 Å². The Kier molecular flexibility index (Phi) is 3.52. The van der Waals surface area contributed by atoms with Crippen molar-refractivity contribution >= 4 is 0 Å². The van der Waals surface area contributed by atoms with E-state index in [0.717, 1.165) is 5.92 Å². The molecule has 0 radical (unpaired) electrons. The van der Waals surface area contributed by atoms with E-state index in [1.165, 1.54) is 32.1 Å². The van der Waals surface area contributed by atoms with Gasteiger partial charge in [0.25, 0.3) is 0 Å². The van der Waals surface area contributed by atoms with Gasteiger partial charge in [0.1, 0.15) is 0 Å². The van der Waals surface area contributed by atoms with Crippen molar-refractivity contribution in [2.45, 2.75) is 52.5 Å². The van der Waals surface area contributed by atoms with Crippen molar-refractivity contribution in [2.24, 2.45) is 23.0 Å². The van der Waals surface area contributed by atoms with Gasteiger partial charge in [0.05, 0.1) is 6.04 Å². The molecular weight excluding hydrogens is 214 g/mol. The van der Waals surface area contributed by atoms with E-state index in [-0.39, 0.29) is 6.04 Å². The smallest absolute Gasteiger partial charge is 0.213 e. The first-order valence-electron chi connectivity index (χ1n) is 6.50. The molecule has 0 aromatic carbocycles. The van der Waals surface area contributed by atoms with Gasteiger partial charge in [-0.2, -0.15) is 4.98 Å². The Morgan fingerprint density at radius 1 is 1.29 bits per heavy atom. The minimum atomic E-state index is -0.0605. The zero-order valence-electron chi connectivity index (χ0n) is 11.0. The molecule has 1 fully saturated rings. The summed E-state index contributed by atoms with van der Waals surface area (Å²) in [6.45, 7) is 6.99. The first-order valence-corrected chi connectivity index (χ1v) is 6.50. The average Bonchev–Trinajstić information content (AvgIpc) is 2.80. The third-order valence-corrected chi connectivity index (χ3v) is 4.18. The molecule has 2 rings (SSSR count). The van der Waals surface area contributed by atoms with Crippen LogP contribution in [0.2, 0.25) is 0 Å². The Bertz CT molecular complexity index is 334. The molecule has 0 spiro atoms. The molecule has 1 atom stereocenters. The molecule has 4 nitrogen and oxygen atoms in total. The SMILES string of the molecule is CC(C)(C)C1CCC(C(N)c2ncon2)CC1. The largest absolute Gasteiger partial charge is 0.343 e. The van der Waals surface area contributed by atoms with Crippen LogP contribution in [0.5, 0.6) is 0 Å². The molecule has 96 valence electrons. The van der Waals surface area contributed by atoms with Crippen LogP contribution in [-0.4, -0.2) is 10.1 Å². The fraction of sp³-hybridized carbons (Fsp3) is 0.846. The van der Waals surface area contributed by atoms with E-state index < -0.39 is 0 Å². The van der Waals surface area contributed by atoms with Crippen molar-refractivity contribution in [2.75, 3.05) is 0 Å². The van der Waals surface area contributed by atoms with Crippen LogP contribution in [0.15, 0.2) is 10.9 Å². The molecule has 1 aromatic rings. The quantitative estimate of drug-likeness (QED) is 0.859. The van der Waals surface area contributed by atoms with Gasteiger partial charge in [-0.3, -0.25) is 0 Å². The summed E-state index contributed by atoms with van der Waals surface area (Å²) in [5, 5.41) is 3.85. The lowest BCUT2D eigenvalue weighted by Crippen LogP contribution is -2.31. The maximum Gasteiger partial charge on any atom is 0.213 e. The minimum Gasteiger partial charge on any atom is -0.343 e. The maximum atomic E-state index is 6.18. The third-order valence-electron chi connectivity index (χ3n) is 4.18. The molecule has 1 saturated carbocycles. The Labute approximate surface area is 103 Å². The van der Waals surface area contributed by atoms with E-state index in [1.54, 1.807) is 0 Å². The van der Waals surface area contributed by atoms with Gasteiger partial charge in [-0.15, -0.1) is 0 Å². The molecule has 0 amide bonds. The summed E-state index contributed by atoms with van der Waals surface area (Å²) >= 11 is 0. The standard InChI is InChI=1S/C13H23N3O/c1-13(2,3)10-6-4-9(5-7-10)11(14)12-15-8-17-16-12/h8-11H,4-7,14H2,1-3H3.